The van der Waals surface area contributed by atoms with Crippen molar-refractivity contribution in [3.63, 3.8) is 0 Å². The van der Waals surface area contributed by atoms with E-state index in [0.717, 1.165) is 11.3 Å². The van der Waals surface area contributed by atoms with Crippen molar-refractivity contribution in [3.8, 4) is 17.6 Å². The number of hydrogen-bond donors (Lipinski definition) is 0. The molecule has 0 saturated carbocycles. The first kappa shape index (κ1) is 11.5. The summed E-state index contributed by atoms with van der Waals surface area (Å²) in [5, 5.41) is 0. The lowest BCUT2D eigenvalue weighted by Gasteiger charge is -2.03. The summed E-state index contributed by atoms with van der Waals surface area (Å²) < 4.78 is 18.1. The molecule has 1 aliphatic rings. The predicted octanol–water partition coefficient (Wildman–Crippen LogP) is 3.64. The van der Waals surface area contributed by atoms with Crippen molar-refractivity contribution < 1.29 is 9.13 Å². The quantitative estimate of drug-likeness (QED) is 0.702. The Morgan fingerprint density at radius 1 is 1.12 bits per heavy atom. The van der Waals surface area contributed by atoms with Gasteiger partial charge >= 0.3 is 0 Å². The van der Waals surface area contributed by atoms with Crippen molar-refractivity contribution in [3.05, 3.63) is 53.9 Å². The monoisotopic (exact) mass is 228 g/mol. The number of allylic oxidation sites excluding steroid dienone is 4. The Bertz CT molecular complexity index is 489. The van der Waals surface area contributed by atoms with E-state index in [1.807, 2.05) is 30.3 Å². The van der Waals surface area contributed by atoms with E-state index in [4.69, 9.17) is 4.74 Å². The van der Waals surface area contributed by atoms with Crippen molar-refractivity contribution >= 4 is 0 Å². The first-order chi connectivity index (χ1) is 8.34. The van der Waals surface area contributed by atoms with Gasteiger partial charge in [0.05, 0.1) is 0 Å². The highest BCUT2D eigenvalue weighted by atomic mass is 19.1. The van der Waals surface area contributed by atoms with E-state index in [1.165, 1.54) is 6.08 Å². The minimum absolute atomic E-state index is 0.0731. The van der Waals surface area contributed by atoms with Gasteiger partial charge in [-0.2, -0.15) is 0 Å². The molecule has 0 unspecified atom stereocenters. The van der Waals surface area contributed by atoms with Crippen molar-refractivity contribution in [2.75, 3.05) is 6.61 Å². The molecule has 0 aromatic heterocycles. The molecule has 0 spiro atoms. The Kier molecular flexibility index (Phi) is 3.99. The van der Waals surface area contributed by atoms with Gasteiger partial charge in [-0.25, -0.2) is 4.39 Å². The molecular formula is C15H13FO. The van der Waals surface area contributed by atoms with Crippen molar-refractivity contribution in [2.24, 2.45) is 0 Å². The Labute approximate surface area is 101 Å². The summed E-state index contributed by atoms with van der Waals surface area (Å²) in [5.41, 5.74) is 0.961. The Morgan fingerprint density at radius 2 is 1.94 bits per heavy atom. The minimum Gasteiger partial charge on any atom is -0.481 e. The van der Waals surface area contributed by atoms with Gasteiger partial charge in [0.1, 0.15) is 18.2 Å². The van der Waals surface area contributed by atoms with E-state index in [9.17, 15) is 4.39 Å². The highest BCUT2D eigenvalue weighted by Gasteiger charge is 2.02. The molecule has 0 bridgehead atoms. The van der Waals surface area contributed by atoms with Gasteiger partial charge in [-0.1, -0.05) is 30.0 Å². The summed E-state index contributed by atoms with van der Waals surface area (Å²) in [4.78, 5) is 0. The van der Waals surface area contributed by atoms with E-state index in [0.29, 0.717) is 19.4 Å². The van der Waals surface area contributed by atoms with Crippen molar-refractivity contribution in [1.29, 1.82) is 0 Å². The zero-order valence-corrected chi connectivity index (χ0v) is 9.45. The van der Waals surface area contributed by atoms with E-state index in [1.54, 1.807) is 6.08 Å². The van der Waals surface area contributed by atoms with Crippen molar-refractivity contribution in [2.45, 2.75) is 12.8 Å². The summed E-state index contributed by atoms with van der Waals surface area (Å²) in [7, 11) is 0. The molecule has 0 aliphatic heterocycles. The molecule has 17 heavy (non-hydrogen) atoms. The Morgan fingerprint density at radius 3 is 2.65 bits per heavy atom. The molecule has 1 nitrogen and oxygen atoms in total. The number of ether oxygens (including phenoxy) is 1. The molecule has 0 heterocycles. The minimum atomic E-state index is -0.0731. The third-order valence-electron chi connectivity index (χ3n) is 2.40. The molecule has 0 N–H and O–H groups in total. The fourth-order valence-corrected chi connectivity index (χ4v) is 1.50. The second-order valence-electron chi connectivity index (χ2n) is 3.71. The average molecular weight is 228 g/mol. The number of rotatable bonds is 2. The Balaban J connectivity index is 1.83. The van der Waals surface area contributed by atoms with Crippen LogP contribution in [0.15, 0.2) is 53.9 Å². The zero-order valence-electron chi connectivity index (χ0n) is 9.45. The average Bonchev–Trinajstić information content (AvgIpc) is 2.38. The van der Waals surface area contributed by atoms with Gasteiger partial charge in [0.25, 0.3) is 0 Å². The van der Waals surface area contributed by atoms with Crippen LogP contribution in [0.1, 0.15) is 12.8 Å². The van der Waals surface area contributed by atoms with Crippen LogP contribution >= 0.6 is 0 Å². The molecule has 0 radical (unpaired) electrons. The summed E-state index contributed by atoms with van der Waals surface area (Å²) >= 11 is 0. The Hall–Kier alpha value is -2.01. The number of benzene rings is 1. The van der Waals surface area contributed by atoms with Crippen LogP contribution in [0, 0.1) is 11.8 Å². The summed E-state index contributed by atoms with van der Waals surface area (Å²) in [5.74, 6) is 6.65. The zero-order chi connectivity index (χ0) is 11.9. The van der Waals surface area contributed by atoms with Crippen LogP contribution in [0.5, 0.6) is 5.75 Å². The van der Waals surface area contributed by atoms with Gasteiger partial charge in [-0.15, -0.1) is 0 Å². The summed E-state index contributed by atoms with van der Waals surface area (Å²) in [6.07, 6.45) is 4.35. The molecule has 2 heteroatoms. The third kappa shape index (κ3) is 3.81. The van der Waals surface area contributed by atoms with Crippen molar-refractivity contribution in [1.82, 2.24) is 0 Å². The molecule has 0 fully saturated rings. The molecule has 2 rings (SSSR count). The second kappa shape index (κ2) is 5.91. The topological polar surface area (TPSA) is 9.23 Å². The maximum absolute atomic E-state index is 12.7. The van der Waals surface area contributed by atoms with Crippen LogP contribution in [0.2, 0.25) is 0 Å². The molecule has 1 aromatic rings. The van der Waals surface area contributed by atoms with Gasteiger partial charge in [0.2, 0.25) is 0 Å². The fraction of sp³-hybridized carbons (Fsp3) is 0.200. The van der Waals surface area contributed by atoms with Crippen LogP contribution in [0.3, 0.4) is 0 Å². The van der Waals surface area contributed by atoms with Crippen LogP contribution in [-0.4, -0.2) is 6.61 Å². The normalized spacial score (nSPS) is 14.2. The van der Waals surface area contributed by atoms with Gasteiger partial charge in [-0.3, -0.25) is 0 Å². The first-order valence-corrected chi connectivity index (χ1v) is 5.56. The van der Waals surface area contributed by atoms with Gasteiger partial charge in [0, 0.05) is 12.0 Å². The lowest BCUT2D eigenvalue weighted by Crippen LogP contribution is -1.94. The molecule has 0 amide bonds. The highest BCUT2D eigenvalue weighted by Crippen LogP contribution is 2.18. The number of hydrogen-bond acceptors (Lipinski definition) is 1. The van der Waals surface area contributed by atoms with Gasteiger partial charge in [0.15, 0.2) is 0 Å². The maximum Gasteiger partial charge on any atom is 0.149 e. The fourth-order valence-electron chi connectivity index (χ4n) is 1.50. The number of para-hydroxylation sites is 1. The van der Waals surface area contributed by atoms with Crippen LogP contribution in [0.25, 0.3) is 0 Å². The standard InChI is InChI=1S/C15H13FO/c16-14-10-8-13(9-11-14)5-4-12-17-15-6-2-1-3-7-15/h1-3,6-8,10H,9,11-12H2. The molecule has 0 atom stereocenters. The maximum atomic E-state index is 12.7. The number of halogens is 1. The molecule has 0 saturated heterocycles. The molecule has 1 aliphatic carbocycles. The smallest absolute Gasteiger partial charge is 0.149 e. The van der Waals surface area contributed by atoms with Gasteiger partial charge < -0.3 is 4.74 Å². The second-order valence-corrected chi connectivity index (χ2v) is 3.71. The first-order valence-electron chi connectivity index (χ1n) is 5.56. The summed E-state index contributed by atoms with van der Waals surface area (Å²) in [6.45, 7) is 0.355. The van der Waals surface area contributed by atoms with E-state index in [2.05, 4.69) is 11.8 Å². The third-order valence-corrected chi connectivity index (χ3v) is 2.40. The summed E-state index contributed by atoms with van der Waals surface area (Å²) in [6, 6.07) is 9.55. The lowest BCUT2D eigenvalue weighted by atomic mass is 10.1. The van der Waals surface area contributed by atoms with E-state index < -0.39 is 0 Å². The van der Waals surface area contributed by atoms with Gasteiger partial charge in [-0.05, 0) is 30.7 Å². The van der Waals surface area contributed by atoms with Crippen LogP contribution in [-0.2, 0) is 0 Å². The molecule has 1 aromatic carbocycles. The van der Waals surface area contributed by atoms with E-state index >= 15 is 0 Å². The van der Waals surface area contributed by atoms with Crippen LogP contribution < -0.4 is 4.74 Å². The largest absolute Gasteiger partial charge is 0.481 e. The highest BCUT2D eigenvalue weighted by molar-refractivity contribution is 5.35. The molecule has 86 valence electrons. The SMILES string of the molecule is FC1=CC=C(C#CCOc2ccccc2)CC1. The molecular weight excluding hydrogens is 215 g/mol. The van der Waals surface area contributed by atoms with Crippen LogP contribution in [0.4, 0.5) is 4.39 Å². The van der Waals surface area contributed by atoms with E-state index in [-0.39, 0.29) is 5.83 Å². The predicted molar refractivity (Wildman–Crippen MR) is 66.2 cm³/mol. The lowest BCUT2D eigenvalue weighted by molar-refractivity contribution is 0.370.